The quantitative estimate of drug-likeness (QED) is 0.602. The lowest BCUT2D eigenvalue weighted by Gasteiger charge is -2.44. The molecule has 1 fully saturated rings. The van der Waals surface area contributed by atoms with E-state index in [4.69, 9.17) is 4.74 Å². The van der Waals surface area contributed by atoms with E-state index in [9.17, 15) is 19.5 Å². The van der Waals surface area contributed by atoms with Gasteiger partial charge >= 0.3 is 5.97 Å². The van der Waals surface area contributed by atoms with Gasteiger partial charge in [0.05, 0.1) is 18.1 Å². The van der Waals surface area contributed by atoms with Crippen molar-refractivity contribution in [3.8, 4) is 0 Å². The van der Waals surface area contributed by atoms with E-state index < -0.39 is 23.8 Å². The molecule has 2 bridgehead atoms. The minimum atomic E-state index is -1.17. The number of allylic oxidation sites excluding steroid dienone is 2. The highest BCUT2D eigenvalue weighted by molar-refractivity contribution is 7.17. The molecule has 0 aromatic carbocycles. The van der Waals surface area contributed by atoms with E-state index in [2.05, 4.69) is 5.32 Å². The molecular formula is C21H24NO5S-. The van der Waals surface area contributed by atoms with Crippen molar-refractivity contribution >= 4 is 34.2 Å². The van der Waals surface area contributed by atoms with Crippen LogP contribution in [-0.4, -0.2) is 24.5 Å². The number of carbonyl (C=O) groups excluding carboxylic acids is 3. The summed E-state index contributed by atoms with van der Waals surface area (Å²) in [5.41, 5.74) is 1.43. The van der Waals surface area contributed by atoms with Crippen LogP contribution in [0.15, 0.2) is 12.2 Å². The minimum Gasteiger partial charge on any atom is -0.550 e. The summed E-state index contributed by atoms with van der Waals surface area (Å²) in [5.74, 6) is -3.67. The molecule has 4 aliphatic rings. The summed E-state index contributed by atoms with van der Waals surface area (Å²) in [6.07, 6.45) is 9.20. The first-order chi connectivity index (χ1) is 13.5. The molecule has 0 spiro atoms. The predicted molar refractivity (Wildman–Crippen MR) is 103 cm³/mol. The molecule has 4 atom stereocenters. The fourth-order valence-electron chi connectivity index (χ4n) is 4.94. The average Bonchev–Trinajstić information content (AvgIpc) is 3.06. The van der Waals surface area contributed by atoms with Crippen molar-refractivity contribution in [3.05, 3.63) is 28.2 Å². The van der Waals surface area contributed by atoms with Gasteiger partial charge < -0.3 is 20.0 Å². The third kappa shape index (κ3) is 3.26. The van der Waals surface area contributed by atoms with Crippen molar-refractivity contribution in [2.24, 2.45) is 23.7 Å². The van der Waals surface area contributed by atoms with Gasteiger partial charge in [-0.15, -0.1) is 11.3 Å². The van der Waals surface area contributed by atoms with Crippen LogP contribution in [0.25, 0.3) is 0 Å². The number of thiophene rings is 1. The van der Waals surface area contributed by atoms with Gasteiger partial charge in [0.2, 0.25) is 5.91 Å². The lowest BCUT2D eigenvalue weighted by atomic mass is 9.62. The Balaban J connectivity index is 1.64. The number of fused-ring (bicyclic) bond motifs is 3. The molecule has 5 rings (SSSR count). The number of nitrogens with one attached hydrogen (secondary N) is 1. The van der Waals surface area contributed by atoms with Crippen LogP contribution >= 0.6 is 11.3 Å². The Morgan fingerprint density at radius 1 is 1.14 bits per heavy atom. The first-order valence-electron chi connectivity index (χ1n) is 10.0. The van der Waals surface area contributed by atoms with Gasteiger partial charge in [0.1, 0.15) is 5.00 Å². The summed E-state index contributed by atoms with van der Waals surface area (Å²) in [6, 6.07) is 0. The predicted octanol–water partition coefficient (Wildman–Crippen LogP) is 2.32. The Morgan fingerprint density at radius 2 is 1.82 bits per heavy atom. The van der Waals surface area contributed by atoms with Gasteiger partial charge in [0.15, 0.2) is 0 Å². The van der Waals surface area contributed by atoms with Gasteiger partial charge in [-0.3, -0.25) is 4.79 Å². The molecule has 0 aliphatic heterocycles. The number of hydrogen-bond acceptors (Lipinski definition) is 6. The molecule has 28 heavy (non-hydrogen) atoms. The number of ether oxygens (including phenoxy) is 1. The summed E-state index contributed by atoms with van der Waals surface area (Å²) in [7, 11) is 0. The van der Waals surface area contributed by atoms with Crippen LogP contribution in [0.2, 0.25) is 0 Å². The molecule has 1 N–H and O–H groups in total. The number of aryl methyl sites for hydroxylation is 1. The first kappa shape index (κ1) is 19.2. The van der Waals surface area contributed by atoms with E-state index in [0.717, 1.165) is 49.0 Å². The number of hydrogen-bond donors (Lipinski definition) is 1. The Hall–Kier alpha value is -2.15. The zero-order valence-electron chi connectivity index (χ0n) is 15.9. The first-order valence-corrected chi connectivity index (χ1v) is 10.8. The van der Waals surface area contributed by atoms with Crippen LogP contribution in [0.3, 0.4) is 0 Å². The van der Waals surface area contributed by atoms with E-state index in [0.29, 0.717) is 10.6 Å². The van der Waals surface area contributed by atoms with Gasteiger partial charge in [0, 0.05) is 16.8 Å². The summed E-state index contributed by atoms with van der Waals surface area (Å²) in [6.45, 7) is 2.02. The van der Waals surface area contributed by atoms with E-state index in [1.165, 1.54) is 11.3 Å². The summed E-state index contributed by atoms with van der Waals surface area (Å²) in [4.78, 5) is 38.6. The second kappa shape index (κ2) is 7.70. The molecule has 1 saturated carbocycles. The van der Waals surface area contributed by atoms with Crippen molar-refractivity contribution in [2.75, 3.05) is 11.9 Å². The van der Waals surface area contributed by atoms with Crippen molar-refractivity contribution in [1.82, 2.24) is 0 Å². The lowest BCUT2D eigenvalue weighted by molar-refractivity contribution is -0.316. The SMILES string of the molecule is CCOC(=O)c1c(NC(=O)[C@H]2[C@@H](C(=O)[O-])[C@H]3C=C[C@H]2CC3)sc2c1CCCC2. The second-order valence-electron chi connectivity index (χ2n) is 7.79. The molecule has 0 unspecified atom stereocenters. The number of aliphatic carboxylic acids is 1. The minimum absolute atomic E-state index is 0.103. The molecule has 0 saturated heterocycles. The average molecular weight is 402 g/mol. The highest BCUT2D eigenvalue weighted by Gasteiger charge is 2.45. The number of carboxylic acids is 1. The molecule has 1 aromatic rings. The monoisotopic (exact) mass is 402 g/mol. The van der Waals surface area contributed by atoms with Crippen molar-refractivity contribution in [2.45, 2.75) is 45.4 Å². The maximum atomic E-state index is 13.1. The van der Waals surface area contributed by atoms with Crippen LogP contribution < -0.4 is 10.4 Å². The Kier molecular flexibility index (Phi) is 5.27. The number of esters is 1. The highest BCUT2D eigenvalue weighted by atomic mass is 32.1. The van der Waals surface area contributed by atoms with Crippen LogP contribution in [0, 0.1) is 23.7 Å². The number of carbonyl (C=O) groups is 3. The molecule has 150 valence electrons. The maximum Gasteiger partial charge on any atom is 0.341 e. The lowest BCUT2D eigenvalue weighted by Crippen LogP contribution is -2.51. The molecule has 6 nitrogen and oxygen atoms in total. The third-order valence-electron chi connectivity index (χ3n) is 6.21. The van der Waals surface area contributed by atoms with Crippen molar-refractivity contribution < 1.29 is 24.2 Å². The summed E-state index contributed by atoms with van der Waals surface area (Å²) >= 11 is 1.42. The normalized spacial score (nSPS) is 27.9. The fourth-order valence-corrected chi connectivity index (χ4v) is 6.22. The molecule has 1 heterocycles. The standard InChI is InChI=1S/C21H25NO5S/c1-2-27-21(26)17-13-5-3-4-6-14(13)28-19(17)22-18(23)15-11-7-9-12(10-8-11)16(15)20(24)25/h7,9,11-12,15-16H,2-6,8,10H2,1H3,(H,22,23)(H,24,25)/p-1/t11-,12-,15+,16-/m0/s1. The summed E-state index contributed by atoms with van der Waals surface area (Å²) in [5, 5.41) is 15.1. The zero-order valence-corrected chi connectivity index (χ0v) is 16.7. The number of amides is 1. The Bertz CT molecular complexity index is 842. The topological polar surface area (TPSA) is 95.5 Å². The van der Waals surface area contributed by atoms with Gasteiger partial charge in [-0.1, -0.05) is 12.2 Å². The fraction of sp³-hybridized carbons (Fsp3) is 0.571. The van der Waals surface area contributed by atoms with Crippen LogP contribution in [0.1, 0.15) is 53.4 Å². The Morgan fingerprint density at radius 3 is 2.46 bits per heavy atom. The maximum absolute atomic E-state index is 13.1. The molecule has 4 aliphatic carbocycles. The van der Waals surface area contributed by atoms with Crippen LogP contribution in [-0.2, 0) is 27.2 Å². The second-order valence-corrected chi connectivity index (χ2v) is 8.89. The summed E-state index contributed by atoms with van der Waals surface area (Å²) < 4.78 is 5.23. The zero-order chi connectivity index (χ0) is 19.8. The number of anilines is 1. The van der Waals surface area contributed by atoms with Gasteiger partial charge in [-0.25, -0.2) is 4.79 Å². The van der Waals surface area contributed by atoms with Gasteiger partial charge in [-0.2, -0.15) is 0 Å². The number of carboxylic acid groups (broad SMARTS) is 1. The van der Waals surface area contributed by atoms with E-state index in [-0.39, 0.29) is 24.3 Å². The van der Waals surface area contributed by atoms with E-state index in [1.807, 2.05) is 12.2 Å². The van der Waals surface area contributed by atoms with Crippen molar-refractivity contribution in [1.29, 1.82) is 0 Å². The largest absolute Gasteiger partial charge is 0.550 e. The molecular weight excluding hydrogens is 378 g/mol. The van der Waals surface area contributed by atoms with Crippen molar-refractivity contribution in [3.63, 3.8) is 0 Å². The molecule has 0 radical (unpaired) electrons. The Labute approximate surface area is 168 Å². The van der Waals surface area contributed by atoms with Crippen LogP contribution in [0.5, 0.6) is 0 Å². The van der Waals surface area contributed by atoms with E-state index >= 15 is 0 Å². The van der Waals surface area contributed by atoms with Crippen LogP contribution in [0.4, 0.5) is 5.00 Å². The molecule has 1 amide bonds. The molecule has 7 heteroatoms. The molecule has 1 aromatic heterocycles. The van der Waals surface area contributed by atoms with E-state index in [1.54, 1.807) is 6.92 Å². The number of rotatable bonds is 5. The smallest absolute Gasteiger partial charge is 0.341 e. The van der Waals surface area contributed by atoms with Gasteiger partial charge in [-0.05, 0) is 62.8 Å². The van der Waals surface area contributed by atoms with Gasteiger partial charge in [0.25, 0.3) is 0 Å². The third-order valence-corrected chi connectivity index (χ3v) is 7.42. The highest BCUT2D eigenvalue weighted by Crippen LogP contribution is 2.46.